The molecule has 2 heterocycles. The van der Waals surface area contributed by atoms with E-state index >= 15 is 0 Å². The second-order valence-corrected chi connectivity index (χ2v) is 10.7. The van der Waals surface area contributed by atoms with Gasteiger partial charge in [0.15, 0.2) is 0 Å². The summed E-state index contributed by atoms with van der Waals surface area (Å²) in [5, 5.41) is 2.59. The fourth-order valence-electron chi connectivity index (χ4n) is 6.39. The summed E-state index contributed by atoms with van der Waals surface area (Å²) < 4.78 is 0.207. The molecule has 3 aliphatic rings. The first kappa shape index (κ1) is 23.8. The number of nitrogens with zero attached hydrogens (tertiary/aromatic N) is 2. The van der Waals surface area contributed by atoms with E-state index in [2.05, 4.69) is 102 Å². The van der Waals surface area contributed by atoms with Gasteiger partial charge >= 0.3 is 171 Å². The molecule has 0 aromatic heterocycles. The van der Waals surface area contributed by atoms with Gasteiger partial charge in [0.2, 0.25) is 0 Å². The van der Waals surface area contributed by atoms with E-state index in [4.69, 9.17) is 0 Å². The van der Waals surface area contributed by atoms with Gasteiger partial charge in [-0.1, -0.05) is 32.0 Å². The van der Waals surface area contributed by atoms with Crippen molar-refractivity contribution in [2.24, 2.45) is 4.99 Å². The van der Waals surface area contributed by atoms with Crippen molar-refractivity contribution in [3.8, 4) is 11.1 Å². The van der Waals surface area contributed by atoms with Crippen molar-refractivity contribution in [2.45, 2.75) is 58.3 Å². The number of anilines is 1. The molecule has 2 aromatic rings. The van der Waals surface area contributed by atoms with Crippen LogP contribution in [0.2, 0.25) is 0 Å². The smallest absolute Gasteiger partial charge is 0.0642 e. The molecule has 0 atom stereocenters. The van der Waals surface area contributed by atoms with Crippen LogP contribution in [0.15, 0.2) is 64.8 Å². The van der Waals surface area contributed by atoms with E-state index in [9.17, 15) is 9.59 Å². The minimum atomic E-state index is -0.527. The molecule has 0 spiro atoms. The predicted molar refractivity (Wildman–Crippen MR) is 142 cm³/mol. The van der Waals surface area contributed by atoms with E-state index in [1.54, 1.807) is 6.08 Å². The van der Waals surface area contributed by atoms with Gasteiger partial charge in [0.1, 0.15) is 0 Å². The first-order chi connectivity index (χ1) is 16.7. The molecule has 6 heteroatoms. The number of hydrogen-bond acceptors (Lipinski definition) is 3. The molecule has 2 aromatic carbocycles. The molecule has 2 aliphatic heterocycles. The summed E-state index contributed by atoms with van der Waals surface area (Å²) in [6, 6.07) is 13.4. The standard InChI is InChI=1S/C29H30N3O2Se/c1-6-29(7-2)19-12-10-9-11-17(19)23-20(29)14-15-21-24(23)28(4,5)22(32(21)8-3)16-13-18-25(33)30-27(35)31-26(18)34/h9-16H,6-8H2,1-5H3,(H,30,31,33,34)/b22-16-. The van der Waals surface area contributed by atoms with Crippen LogP contribution in [-0.2, 0) is 20.4 Å². The second-order valence-electron chi connectivity index (χ2n) is 9.89. The fourth-order valence-corrected chi connectivity index (χ4v) is 6.76. The van der Waals surface area contributed by atoms with E-state index in [-0.39, 0.29) is 21.1 Å². The predicted octanol–water partition coefficient (Wildman–Crippen LogP) is 4.88. The normalized spacial score (nSPS) is 21.6. The minimum Gasteiger partial charge on any atom is -0.0642 e. The zero-order valence-corrected chi connectivity index (χ0v) is 22.6. The maximum absolute atomic E-state index is 12.4. The summed E-state index contributed by atoms with van der Waals surface area (Å²) in [6.07, 6.45) is 5.65. The summed E-state index contributed by atoms with van der Waals surface area (Å²) in [6.45, 7) is 12.0. The van der Waals surface area contributed by atoms with Gasteiger partial charge in [-0.05, 0) is 12.8 Å². The van der Waals surface area contributed by atoms with E-state index in [1.807, 2.05) is 6.08 Å². The molecule has 0 saturated heterocycles. The van der Waals surface area contributed by atoms with Crippen LogP contribution in [0, 0.1) is 0 Å². The van der Waals surface area contributed by atoms with Crippen molar-refractivity contribution in [1.82, 2.24) is 5.32 Å². The second kappa shape index (κ2) is 8.32. The molecular formula is C29H30N3O2Se. The van der Waals surface area contributed by atoms with Gasteiger partial charge in [-0.2, -0.15) is 0 Å². The van der Waals surface area contributed by atoms with E-state index in [0.29, 0.717) is 0 Å². The first-order valence-corrected chi connectivity index (χ1v) is 13.2. The molecule has 35 heavy (non-hydrogen) atoms. The van der Waals surface area contributed by atoms with Crippen LogP contribution in [0.5, 0.6) is 0 Å². The van der Waals surface area contributed by atoms with Gasteiger partial charge in [0.25, 0.3) is 0 Å². The van der Waals surface area contributed by atoms with Crippen LogP contribution in [0.1, 0.15) is 64.2 Å². The molecular weight excluding hydrogens is 501 g/mol. The SMILES string of the molecule is CCN1/C(=C\C=C2C(=O)N=C([Se])NC2=O)C(C)(C)c2c1ccc1c2-c2ccccc2C1(CC)CC. The molecule has 0 fully saturated rings. The number of carbonyl (C=O) groups is 2. The average molecular weight is 532 g/mol. The summed E-state index contributed by atoms with van der Waals surface area (Å²) >= 11 is 2.59. The van der Waals surface area contributed by atoms with Gasteiger partial charge in [0, 0.05) is 0 Å². The van der Waals surface area contributed by atoms with Gasteiger partial charge in [-0.15, -0.1) is 0 Å². The van der Waals surface area contributed by atoms with Crippen LogP contribution in [-0.4, -0.2) is 39.1 Å². The quantitative estimate of drug-likeness (QED) is 0.348. The minimum absolute atomic E-state index is 0.0159. The van der Waals surface area contributed by atoms with Crippen LogP contribution in [0.3, 0.4) is 0 Å². The number of amidine groups is 1. The van der Waals surface area contributed by atoms with Crippen LogP contribution in [0.25, 0.3) is 11.1 Å². The number of allylic oxidation sites excluding steroid dienone is 3. The molecule has 0 saturated carbocycles. The molecule has 2 amide bonds. The number of rotatable bonds is 4. The number of fused-ring (bicyclic) bond motifs is 5. The summed E-state index contributed by atoms with van der Waals surface area (Å²) in [5.41, 5.74) is 8.83. The van der Waals surface area contributed by atoms with Crippen LogP contribution >= 0.6 is 0 Å². The van der Waals surface area contributed by atoms with Crippen molar-refractivity contribution in [3.05, 3.63) is 76.5 Å². The molecule has 5 rings (SSSR count). The number of hydrogen-bond donors (Lipinski definition) is 1. The summed E-state index contributed by atoms with van der Waals surface area (Å²) in [5.74, 6) is -0.960. The molecule has 179 valence electrons. The molecule has 1 aliphatic carbocycles. The van der Waals surface area contributed by atoms with Gasteiger partial charge in [0.05, 0.1) is 0 Å². The average Bonchev–Trinajstić information content (AvgIpc) is 3.24. The van der Waals surface area contributed by atoms with Crippen molar-refractivity contribution in [2.75, 3.05) is 11.4 Å². The van der Waals surface area contributed by atoms with Gasteiger partial charge in [-0.3, -0.25) is 0 Å². The van der Waals surface area contributed by atoms with E-state index in [0.717, 1.165) is 25.1 Å². The number of likely N-dealkylation sites (N-methyl/N-ethyl adjacent to an activating group) is 1. The third-order valence-corrected chi connectivity index (χ3v) is 8.49. The van der Waals surface area contributed by atoms with Crippen molar-refractivity contribution in [1.29, 1.82) is 0 Å². The van der Waals surface area contributed by atoms with E-state index in [1.165, 1.54) is 33.5 Å². The molecule has 1 radical (unpaired) electrons. The third kappa shape index (κ3) is 3.23. The molecule has 0 unspecified atom stereocenters. The molecule has 1 N–H and O–H groups in total. The van der Waals surface area contributed by atoms with Crippen LogP contribution < -0.4 is 10.2 Å². The Morgan fingerprint density at radius 3 is 2.37 bits per heavy atom. The Kier molecular flexibility index (Phi) is 5.65. The van der Waals surface area contributed by atoms with Crippen molar-refractivity contribution >= 4 is 38.2 Å². The first-order valence-electron chi connectivity index (χ1n) is 12.3. The summed E-state index contributed by atoms with van der Waals surface area (Å²) in [7, 11) is 0. The Morgan fingerprint density at radius 2 is 1.71 bits per heavy atom. The third-order valence-electron chi connectivity index (χ3n) is 8.09. The van der Waals surface area contributed by atoms with Crippen molar-refractivity contribution < 1.29 is 9.59 Å². The molecule has 5 nitrogen and oxygen atoms in total. The fraction of sp³-hybridized carbons (Fsp3) is 0.345. The number of nitrogens with one attached hydrogen (secondary N) is 1. The Labute approximate surface area is 215 Å². The monoisotopic (exact) mass is 532 g/mol. The number of benzene rings is 2. The van der Waals surface area contributed by atoms with Crippen molar-refractivity contribution in [3.63, 3.8) is 0 Å². The summed E-state index contributed by atoms with van der Waals surface area (Å²) in [4.78, 5) is 31.0. The maximum atomic E-state index is 12.4. The topological polar surface area (TPSA) is 61.8 Å². The van der Waals surface area contributed by atoms with E-state index < -0.39 is 11.8 Å². The molecule has 0 bridgehead atoms. The number of aliphatic imine (C=N–C) groups is 1. The van der Waals surface area contributed by atoms with Gasteiger partial charge < -0.3 is 0 Å². The number of carbonyl (C=O) groups excluding carboxylic acids is 2. The zero-order valence-electron chi connectivity index (χ0n) is 20.9. The van der Waals surface area contributed by atoms with Gasteiger partial charge in [-0.25, -0.2) is 0 Å². The van der Waals surface area contributed by atoms with Crippen LogP contribution in [0.4, 0.5) is 5.69 Å². The Bertz CT molecular complexity index is 1360. The Balaban J connectivity index is 1.73. The Hall–Kier alpha value is -2.95. The number of amides is 2. The zero-order chi connectivity index (χ0) is 25.1. The Morgan fingerprint density at radius 1 is 1.00 bits per heavy atom.